The van der Waals surface area contributed by atoms with Crippen molar-refractivity contribution in [3.63, 3.8) is 0 Å². The molecule has 0 saturated heterocycles. The molecular weight excluding hydrogens is 342 g/mol. The van der Waals surface area contributed by atoms with Crippen molar-refractivity contribution < 1.29 is 4.79 Å². The van der Waals surface area contributed by atoms with E-state index in [0.29, 0.717) is 40.6 Å². The first kappa shape index (κ1) is 17.5. The monoisotopic (exact) mass is 365 g/mol. The van der Waals surface area contributed by atoms with Gasteiger partial charge in [0.1, 0.15) is 11.6 Å². The first-order valence-electron chi connectivity index (χ1n) is 9.49. The summed E-state index contributed by atoms with van der Waals surface area (Å²) < 4.78 is 1.65. The molecule has 2 heterocycles. The van der Waals surface area contributed by atoms with Crippen LogP contribution in [0.25, 0.3) is 22.6 Å². The molecule has 2 aromatic heterocycles. The van der Waals surface area contributed by atoms with Gasteiger partial charge in [-0.2, -0.15) is 0 Å². The molecule has 0 radical (unpaired) electrons. The maximum atomic E-state index is 13.1. The molecule has 0 atom stereocenters. The second-order valence-corrected chi connectivity index (χ2v) is 7.14. The molecule has 1 aliphatic carbocycles. The number of benzene rings is 1. The molecule has 7 heteroatoms. The van der Waals surface area contributed by atoms with Gasteiger partial charge >= 0.3 is 0 Å². The highest BCUT2D eigenvalue weighted by Crippen LogP contribution is 2.33. The van der Waals surface area contributed by atoms with Crippen molar-refractivity contribution >= 4 is 17.1 Å². The number of hydrogen-bond donors (Lipinski definition) is 2. The Morgan fingerprint density at radius 3 is 2.78 bits per heavy atom. The zero-order valence-corrected chi connectivity index (χ0v) is 15.4. The number of aromatic nitrogens is 4. The number of nitrogens with one attached hydrogen (secondary N) is 1. The third-order valence-electron chi connectivity index (χ3n) is 5.22. The molecule has 140 valence electrons. The molecule has 0 bridgehead atoms. The minimum Gasteiger partial charge on any atom is -0.366 e. The van der Waals surface area contributed by atoms with Crippen LogP contribution in [0.3, 0.4) is 0 Å². The maximum Gasteiger partial charge on any atom is 0.279 e. The smallest absolute Gasteiger partial charge is 0.279 e. The number of primary amides is 1. The van der Waals surface area contributed by atoms with Crippen molar-refractivity contribution in [1.82, 2.24) is 19.5 Å². The standard InChI is InChI=1S/C20H23N5O2/c1-2-10-25-19(14-9-5-8-13(11-14)16(21)26)24-18-15(20(25)27)22-17(23-18)12-6-3-4-7-12/h5,8-9,11-12H,2-4,6-7,10H2,1H3,(H2,21,26)(H,22,23). The Hall–Kier alpha value is -2.96. The number of carbonyl (C=O) groups is 1. The van der Waals surface area contributed by atoms with Crippen molar-refractivity contribution in [1.29, 1.82) is 0 Å². The van der Waals surface area contributed by atoms with E-state index < -0.39 is 5.91 Å². The van der Waals surface area contributed by atoms with E-state index in [0.717, 1.165) is 25.1 Å². The summed E-state index contributed by atoms with van der Waals surface area (Å²) >= 11 is 0. The predicted molar refractivity (Wildman–Crippen MR) is 104 cm³/mol. The van der Waals surface area contributed by atoms with E-state index in [-0.39, 0.29) is 5.56 Å². The molecule has 3 aromatic rings. The van der Waals surface area contributed by atoms with Gasteiger partial charge in [-0.25, -0.2) is 9.97 Å². The molecule has 0 aliphatic heterocycles. The molecule has 1 amide bonds. The van der Waals surface area contributed by atoms with Gasteiger partial charge in [-0.1, -0.05) is 31.9 Å². The number of imidazole rings is 1. The molecule has 4 rings (SSSR count). The van der Waals surface area contributed by atoms with Crippen molar-refractivity contribution in [2.75, 3.05) is 0 Å². The molecule has 1 fully saturated rings. The van der Waals surface area contributed by atoms with Crippen LogP contribution in [0.15, 0.2) is 29.1 Å². The third-order valence-corrected chi connectivity index (χ3v) is 5.22. The van der Waals surface area contributed by atoms with Crippen LogP contribution in [0, 0.1) is 0 Å². The first-order chi connectivity index (χ1) is 13.1. The summed E-state index contributed by atoms with van der Waals surface area (Å²) in [5.74, 6) is 1.24. The van der Waals surface area contributed by atoms with Crippen molar-refractivity contribution in [3.05, 3.63) is 46.0 Å². The summed E-state index contributed by atoms with van der Waals surface area (Å²) in [6, 6.07) is 6.90. The summed E-state index contributed by atoms with van der Waals surface area (Å²) in [6.07, 6.45) is 5.37. The van der Waals surface area contributed by atoms with Crippen LogP contribution >= 0.6 is 0 Å². The lowest BCUT2D eigenvalue weighted by atomic mass is 10.1. The van der Waals surface area contributed by atoms with Crippen LogP contribution in [0.2, 0.25) is 0 Å². The fraction of sp³-hybridized carbons (Fsp3) is 0.400. The lowest BCUT2D eigenvalue weighted by Gasteiger charge is -2.11. The van der Waals surface area contributed by atoms with E-state index in [1.807, 2.05) is 13.0 Å². The normalized spacial score (nSPS) is 14.9. The van der Waals surface area contributed by atoms with Crippen LogP contribution in [0.1, 0.15) is 61.1 Å². The van der Waals surface area contributed by atoms with Crippen LogP contribution in [0.4, 0.5) is 0 Å². The molecule has 27 heavy (non-hydrogen) atoms. The van der Waals surface area contributed by atoms with Gasteiger partial charge in [0.05, 0.1) is 0 Å². The van der Waals surface area contributed by atoms with Crippen LogP contribution < -0.4 is 11.3 Å². The van der Waals surface area contributed by atoms with Crippen LogP contribution in [-0.2, 0) is 6.54 Å². The number of fused-ring (bicyclic) bond motifs is 1. The van der Waals surface area contributed by atoms with E-state index in [1.54, 1.807) is 22.8 Å². The highest BCUT2D eigenvalue weighted by atomic mass is 16.1. The summed E-state index contributed by atoms with van der Waals surface area (Å²) in [6.45, 7) is 2.55. The predicted octanol–water partition coefficient (Wildman–Crippen LogP) is 2.95. The van der Waals surface area contributed by atoms with Gasteiger partial charge in [-0.3, -0.25) is 14.2 Å². The number of nitrogens with two attached hydrogens (primary N) is 1. The van der Waals surface area contributed by atoms with Crippen molar-refractivity contribution in [2.45, 2.75) is 51.5 Å². The molecule has 1 saturated carbocycles. The van der Waals surface area contributed by atoms with Gasteiger partial charge in [0.15, 0.2) is 11.2 Å². The molecule has 7 nitrogen and oxygen atoms in total. The lowest BCUT2D eigenvalue weighted by molar-refractivity contribution is 0.100. The highest BCUT2D eigenvalue weighted by molar-refractivity contribution is 5.94. The van der Waals surface area contributed by atoms with Crippen molar-refractivity contribution in [2.24, 2.45) is 5.73 Å². The zero-order valence-electron chi connectivity index (χ0n) is 15.4. The summed E-state index contributed by atoms with van der Waals surface area (Å²) in [5, 5.41) is 0. The van der Waals surface area contributed by atoms with E-state index in [9.17, 15) is 9.59 Å². The topological polar surface area (TPSA) is 107 Å². The van der Waals surface area contributed by atoms with E-state index >= 15 is 0 Å². The largest absolute Gasteiger partial charge is 0.366 e. The maximum absolute atomic E-state index is 13.1. The zero-order chi connectivity index (χ0) is 19.0. The Balaban J connectivity index is 1.90. The fourth-order valence-corrected chi connectivity index (χ4v) is 3.86. The Kier molecular flexibility index (Phi) is 4.51. The molecule has 0 unspecified atom stereocenters. The first-order valence-corrected chi connectivity index (χ1v) is 9.49. The molecule has 3 N–H and O–H groups in total. The Bertz CT molecular complexity index is 1060. The number of aromatic amines is 1. The van der Waals surface area contributed by atoms with E-state index in [4.69, 9.17) is 5.73 Å². The van der Waals surface area contributed by atoms with Gasteiger partial charge in [-0.15, -0.1) is 0 Å². The fourth-order valence-electron chi connectivity index (χ4n) is 3.86. The number of H-pyrrole nitrogens is 1. The second-order valence-electron chi connectivity index (χ2n) is 7.14. The second kappa shape index (κ2) is 6.98. The lowest BCUT2D eigenvalue weighted by Crippen LogP contribution is -2.23. The van der Waals surface area contributed by atoms with E-state index in [2.05, 4.69) is 15.0 Å². The van der Waals surface area contributed by atoms with Crippen molar-refractivity contribution in [3.8, 4) is 11.4 Å². The molecule has 1 aliphatic rings. The van der Waals surface area contributed by atoms with E-state index in [1.165, 1.54) is 12.8 Å². The SMILES string of the molecule is CCCn1c(-c2cccc(C(N)=O)c2)nc2nc(C3CCCC3)[nH]c2c1=O. The van der Waals surface area contributed by atoms with Gasteiger partial charge in [0.25, 0.3) is 5.56 Å². The third kappa shape index (κ3) is 3.13. The van der Waals surface area contributed by atoms with Gasteiger partial charge < -0.3 is 10.7 Å². The molecule has 0 spiro atoms. The molecule has 1 aromatic carbocycles. The van der Waals surface area contributed by atoms with Crippen LogP contribution in [-0.4, -0.2) is 25.4 Å². The number of nitrogens with zero attached hydrogens (tertiary/aromatic N) is 3. The summed E-state index contributed by atoms with van der Waals surface area (Å²) in [5.41, 5.74) is 7.25. The molecular formula is C20H23N5O2. The Morgan fingerprint density at radius 2 is 2.07 bits per heavy atom. The summed E-state index contributed by atoms with van der Waals surface area (Å²) in [4.78, 5) is 37.2. The number of carbonyl (C=O) groups excluding carboxylic acids is 1. The number of hydrogen-bond acceptors (Lipinski definition) is 4. The quantitative estimate of drug-likeness (QED) is 0.725. The summed E-state index contributed by atoms with van der Waals surface area (Å²) in [7, 11) is 0. The van der Waals surface area contributed by atoms with Gasteiger partial charge in [0.2, 0.25) is 5.91 Å². The minimum atomic E-state index is -0.509. The van der Waals surface area contributed by atoms with Gasteiger partial charge in [-0.05, 0) is 31.4 Å². The van der Waals surface area contributed by atoms with Crippen LogP contribution in [0.5, 0.6) is 0 Å². The minimum absolute atomic E-state index is 0.127. The Morgan fingerprint density at radius 1 is 1.30 bits per heavy atom. The average Bonchev–Trinajstić information content (AvgIpc) is 3.33. The Labute approximate surface area is 156 Å². The number of rotatable bonds is 5. The number of amides is 1. The van der Waals surface area contributed by atoms with Gasteiger partial charge in [0, 0.05) is 23.6 Å². The highest BCUT2D eigenvalue weighted by Gasteiger charge is 2.23. The average molecular weight is 365 g/mol.